The number of carbonyl (C=O) groups excluding carboxylic acids is 2. The summed E-state index contributed by atoms with van der Waals surface area (Å²) in [6.07, 6.45) is 0. The molecule has 156 valence electrons. The molecule has 30 heavy (non-hydrogen) atoms. The number of rotatable bonds is 6. The average molecular weight is 467 g/mol. The molecule has 1 amide bonds. The van der Waals surface area contributed by atoms with E-state index in [-0.39, 0.29) is 10.7 Å². The molecule has 1 aromatic heterocycles. The molecular formula is C21H18Cl3N3O3. The average Bonchev–Trinajstić information content (AvgIpc) is 2.98. The lowest BCUT2D eigenvalue weighted by molar-refractivity contribution is -0.119. The Morgan fingerprint density at radius 2 is 1.77 bits per heavy atom. The van der Waals surface area contributed by atoms with Gasteiger partial charge in [-0.3, -0.25) is 4.79 Å². The number of esters is 1. The van der Waals surface area contributed by atoms with Crippen LogP contribution in [0.25, 0.3) is 0 Å². The normalized spacial score (nSPS) is 10.7. The van der Waals surface area contributed by atoms with E-state index in [4.69, 9.17) is 39.5 Å². The molecule has 0 aliphatic heterocycles. The van der Waals surface area contributed by atoms with Crippen LogP contribution in [0, 0.1) is 13.8 Å². The van der Waals surface area contributed by atoms with E-state index in [0.29, 0.717) is 28.0 Å². The highest BCUT2D eigenvalue weighted by molar-refractivity contribution is 6.35. The molecule has 6 nitrogen and oxygen atoms in total. The zero-order chi connectivity index (χ0) is 21.8. The maximum atomic E-state index is 12.5. The van der Waals surface area contributed by atoms with E-state index < -0.39 is 18.5 Å². The SMILES string of the molecule is Cc1ccc(Cn2nc(C)c(C(=O)OCC(=O)Nc3cc(Cl)ccc3Cl)c2Cl)cc1. The number of halogens is 3. The Morgan fingerprint density at radius 3 is 2.47 bits per heavy atom. The summed E-state index contributed by atoms with van der Waals surface area (Å²) in [7, 11) is 0. The number of nitrogens with one attached hydrogen (secondary N) is 1. The maximum absolute atomic E-state index is 12.5. The Kier molecular flexibility index (Phi) is 7.02. The van der Waals surface area contributed by atoms with Gasteiger partial charge in [-0.05, 0) is 37.6 Å². The summed E-state index contributed by atoms with van der Waals surface area (Å²) in [5.74, 6) is -1.30. The molecule has 2 aromatic carbocycles. The zero-order valence-electron chi connectivity index (χ0n) is 16.2. The first-order valence-electron chi connectivity index (χ1n) is 8.95. The fraction of sp³-hybridized carbons (Fsp3) is 0.190. The van der Waals surface area contributed by atoms with Crippen molar-refractivity contribution in [3.05, 3.63) is 80.0 Å². The van der Waals surface area contributed by atoms with Crippen LogP contribution in [0.5, 0.6) is 0 Å². The molecule has 0 radical (unpaired) electrons. The number of hydrogen-bond donors (Lipinski definition) is 1. The topological polar surface area (TPSA) is 73.2 Å². The zero-order valence-corrected chi connectivity index (χ0v) is 18.5. The van der Waals surface area contributed by atoms with Crippen LogP contribution in [-0.4, -0.2) is 28.3 Å². The lowest BCUT2D eigenvalue weighted by Gasteiger charge is -2.08. The molecule has 9 heteroatoms. The summed E-state index contributed by atoms with van der Waals surface area (Å²) < 4.78 is 6.63. The van der Waals surface area contributed by atoms with E-state index in [0.717, 1.165) is 11.1 Å². The van der Waals surface area contributed by atoms with Crippen LogP contribution in [-0.2, 0) is 16.1 Å². The summed E-state index contributed by atoms with van der Waals surface area (Å²) in [5, 5.41) is 7.74. The Labute approximate surface area is 188 Å². The van der Waals surface area contributed by atoms with E-state index in [1.807, 2.05) is 31.2 Å². The highest BCUT2D eigenvalue weighted by Crippen LogP contribution is 2.25. The summed E-state index contributed by atoms with van der Waals surface area (Å²) in [4.78, 5) is 24.6. The molecule has 3 rings (SSSR count). The van der Waals surface area contributed by atoms with Crippen molar-refractivity contribution >= 4 is 52.4 Å². The molecule has 0 saturated carbocycles. The van der Waals surface area contributed by atoms with Gasteiger partial charge in [0, 0.05) is 5.02 Å². The molecule has 0 aliphatic rings. The Balaban J connectivity index is 1.65. The van der Waals surface area contributed by atoms with Crippen molar-refractivity contribution in [2.24, 2.45) is 0 Å². The molecule has 0 atom stereocenters. The van der Waals surface area contributed by atoms with E-state index in [9.17, 15) is 9.59 Å². The standard InChI is InChI=1S/C21H18Cl3N3O3/c1-12-3-5-14(6-4-12)10-27-20(24)19(13(2)26-27)21(29)30-11-18(28)25-17-9-15(22)7-8-16(17)23/h3-9H,10-11H2,1-2H3,(H,25,28). The van der Waals surface area contributed by atoms with Crippen LogP contribution in [0.3, 0.4) is 0 Å². The van der Waals surface area contributed by atoms with Gasteiger partial charge >= 0.3 is 5.97 Å². The molecule has 0 fully saturated rings. The van der Waals surface area contributed by atoms with Gasteiger partial charge in [0.2, 0.25) is 0 Å². The van der Waals surface area contributed by atoms with Crippen molar-refractivity contribution in [1.82, 2.24) is 9.78 Å². The number of hydrogen-bond acceptors (Lipinski definition) is 4. The Bertz CT molecular complexity index is 1090. The van der Waals surface area contributed by atoms with Crippen LogP contribution >= 0.6 is 34.8 Å². The van der Waals surface area contributed by atoms with Crippen molar-refractivity contribution in [2.75, 3.05) is 11.9 Å². The van der Waals surface area contributed by atoms with E-state index in [1.54, 1.807) is 19.1 Å². The summed E-state index contributed by atoms with van der Waals surface area (Å²) in [6.45, 7) is 3.54. The second-order valence-electron chi connectivity index (χ2n) is 6.64. The smallest absolute Gasteiger partial charge is 0.343 e. The monoisotopic (exact) mass is 465 g/mol. The number of carbonyl (C=O) groups is 2. The largest absolute Gasteiger partial charge is 0.452 e. The van der Waals surface area contributed by atoms with Crippen molar-refractivity contribution in [3.8, 4) is 0 Å². The van der Waals surface area contributed by atoms with Gasteiger partial charge in [-0.25, -0.2) is 9.48 Å². The van der Waals surface area contributed by atoms with Crippen LogP contribution in [0.2, 0.25) is 15.2 Å². The van der Waals surface area contributed by atoms with Crippen LogP contribution in [0.1, 0.15) is 27.2 Å². The van der Waals surface area contributed by atoms with Crippen molar-refractivity contribution in [1.29, 1.82) is 0 Å². The first-order chi connectivity index (χ1) is 14.2. The summed E-state index contributed by atoms with van der Waals surface area (Å²) >= 11 is 18.3. The first kappa shape index (κ1) is 22.2. The van der Waals surface area contributed by atoms with Gasteiger partial charge in [0.15, 0.2) is 6.61 Å². The number of nitrogens with zero attached hydrogens (tertiary/aromatic N) is 2. The highest BCUT2D eigenvalue weighted by Gasteiger charge is 2.22. The predicted molar refractivity (Wildman–Crippen MR) is 118 cm³/mol. The highest BCUT2D eigenvalue weighted by atomic mass is 35.5. The minimum absolute atomic E-state index is 0.123. The molecule has 0 unspecified atom stereocenters. The predicted octanol–water partition coefficient (Wildman–Crippen LogP) is 5.30. The molecular weight excluding hydrogens is 449 g/mol. The van der Waals surface area contributed by atoms with Gasteiger partial charge in [-0.15, -0.1) is 0 Å². The molecule has 0 bridgehead atoms. The van der Waals surface area contributed by atoms with Gasteiger partial charge < -0.3 is 10.1 Å². The number of aryl methyl sites for hydroxylation is 2. The molecule has 3 aromatic rings. The third-order valence-electron chi connectivity index (χ3n) is 4.26. The molecule has 1 heterocycles. The van der Waals surface area contributed by atoms with Crippen LogP contribution in [0.15, 0.2) is 42.5 Å². The second kappa shape index (κ2) is 9.51. The number of benzene rings is 2. The fourth-order valence-corrected chi connectivity index (χ4v) is 3.39. The third kappa shape index (κ3) is 5.33. The van der Waals surface area contributed by atoms with Gasteiger partial charge in [0.05, 0.1) is 22.9 Å². The maximum Gasteiger partial charge on any atom is 0.343 e. The lowest BCUT2D eigenvalue weighted by Crippen LogP contribution is -2.21. The Hall–Kier alpha value is -2.54. The number of aromatic nitrogens is 2. The van der Waals surface area contributed by atoms with Gasteiger partial charge in [0.25, 0.3) is 5.91 Å². The summed E-state index contributed by atoms with van der Waals surface area (Å²) in [6, 6.07) is 12.5. The van der Waals surface area contributed by atoms with Crippen molar-refractivity contribution in [2.45, 2.75) is 20.4 Å². The first-order valence-corrected chi connectivity index (χ1v) is 10.1. The second-order valence-corrected chi connectivity index (χ2v) is 7.84. The van der Waals surface area contributed by atoms with E-state index >= 15 is 0 Å². The third-order valence-corrected chi connectivity index (χ3v) is 5.21. The molecule has 0 saturated heterocycles. The van der Waals surface area contributed by atoms with Gasteiger partial charge in [-0.2, -0.15) is 5.10 Å². The van der Waals surface area contributed by atoms with E-state index in [1.165, 1.54) is 10.7 Å². The Morgan fingerprint density at radius 1 is 1.07 bits per heavy atom. The van der Waals surface area contributed by atoms with Gasteiger partial charge in [-0.1, -0.05) is 64.6 Å². The lowest BCUT2D eigenvalue weighted by atomic mass is 10.1. The van der Waals surface area contributed by atoms with Crippen LogP contribution in [0.4, 0.5) is 5.69 Å². The minimum atomic E-state index is -0.736. The van der Waals surface area contributed by atoms with Gasteiger partial charge in [0.1, 0.15) is 10.7 Å². The minimum Gasteiger partial charge on any atom is -0.452 e. The molecule has 0 spiro atoms. The summed E-state index contributed by atoms with van der Waals surface area (Å²) in [5.41, 5.74) is 2.99. The van der Waals surface area contributed by atoms with Crippen molar-refractivity contribution in [3.63, 3.8) is 0 Å². The van der Waals surface area contributed by atoms with E-state index in [2.05, 4.69) is 10.4 Å². The van der Waals surface area contributed by atoms with Crippen LogP contribution < -0.4 is 5.32 Å². The number of ether oxygens (including phenoxy) is 1. The van der Waals surface area contributed by atoms with Crippen molar-refractivity contribution < 1.29 is 14.3 Å². The molecule has 1 N–H and O–H groups in total. The number of anilines is 1. The molecule has 0 aliphatic carbocycles. The number of amides is 1. The quantitative estimate of drug-likeness (QED) is 0.500. The fourth-order valence-electron chi connectivity index (χ4n) is 2.74.